The van der Waals surface area contributed by atoms with E-state index in [0.29, 0.717) is 5.56 Å². The minimum absolute atomic E-state index is 0.0155. The molecule has 0 spiro atoms. The van der Waals surface area contributed by atoms with E-state index in [-0.39, 0.29) is 50.4 Å². The largest absolute Gasteiger partial charge is 0.508 e. The lowest BCUT2D eigenvalue weighted by Gasteiger charge is -2.24. The molecular formula is C23H35N7O9. The number of rotatable bonds is 17. The zero-order valence-electron chi connectivity index (χ0n) is 21.1. The summed E-state index contributed by atoms with van der Waals surface area (Å²) < 4.78 is 0. The highest BCUT2D eigenvalue weighted by Crippen LogP contribution is 2.11. The summed E-state index contributed by atoms with van der Waals surface area (Å²) in [5.74, 6) is -5.46. The normalized spacial score (nSPS) is 13.7. The first-order chi connectivity index (χ1) is 18.3. The van der Waals surface area contributed by atoms with Crippen LogP contribution in [0.3, 0.4) is 0 Å². The molecule has 3 amide bonds. The van der Waals surface area contributed by atoms with Gasteiger partial charge in [-0.3, -0.25) is 24.2 Å². The van der Waals surface area contributed by atoms with Crippen LogP contribution in [-0.2, 0) is 30.4 Å². The number of aliphatic imine (C=N–C) groups is 1. The molecule has 216 valence electrons. The highest BCUT2D eigenvalue weighted by molar-refractivity contribution is 5.94. The number of carboxylic acids is 2. The monoisotopic (exact) mass is 553 g/mol. The molecule has 13 N–H and O–H groups in total. The first-order valence-corrected chi connectivity index (χ1v) is 11.9. The van der Waals surface area contributed by atoms with Gasteiger partial charge in [0.15, 0.2) is 5.96 Å². The number of phenolic OH excluding ortho intramolecular Hbond substituents is 1. The van der Waals surface area contributed by atoms with E-state index < -0.39 is 60.4 Å². The van der Waals surface area contributed by atoms with Crippen LogP contribution < -0.4 is 33.2 Å². The van der Waals surface area contributed by atoms with Gasteiger partial charge < -0.3 is 53.6 Å². The maximum atomic E-state index is 12.9. The third kappa shape index (κ3) is 12.6. The Hall–Kier alpha value is -4.44. The first kappa shape index (κ1) is 32.6. The van der Waals surface area contributed by atoms with Gasteiger partial charge in [-0.15, -0.1) is 0 Å². The van der Waals surface area contributed by atoms with E-state index in [1.165, 1.54) is 24.3 Å². The highest BCUT2D eigenvalue weighted by atomic mass is 16.4. The predicted molar refractivity (Wildman–Crippen MR) is 137 cm³/mol. The number of benzene rings is 1. The Bertz CT molecular complexity index is 1030. The second kappa shape index (κ2) is 16.4. The zero-order chi connectivity index (χ0) is 29.5. The van der Waals surface area contributed by atoms with Crippen LogP contribution in [0.4, 0.5) is 0 Å². The Morgan fingerprint density at radius 2 is 1.41 bits per heavy atom. The summed E-state index contributed by atoms with van der Waals surface area (Å²) in [6, 6.07) is 0.148. The molecule has 0 aliphatic heterocycles. The Morgan fingerprint density at radius 1 is 0.846 bits per heavy atom. The van der Waals surface area contributed by atoms with E-state index >= 15 is 0 Å². The Balaban J connectivity index is 2.92. The van der Waals surface area contributed by atoms with Gasteiger partial charge in [0.25, 0.3) is 0 Å². The number of hydrogen-bond donors (Lipinski definition) is 10. The maximum Gasteiger partial charge on any atom is 0.326 e. The van der Waals surface area contributed by atoms with Crippen LogP contribution in [0.5, 0.6) is 5.75 Å². The number of carbonyl (C=O) groups excluding carboxylic acids is 3. The van der Waals surface area contributed by atoms with Gasteiger partial charge in [0.05, 0.1) is 12.6 Å². The molecule has 0 aliphatic rings. The van der Waals surface area contributed by atoms with E-state index in [2.05, 4.69) is 20.9 Å². The molecule has 4 unspecified atom stereocenters. The van der Waals surface area contributed by atoms with Crippen molar-refractivity contribution in [2.45, 2.75) is 56.3 Å². The molecule has 0 heterocycles. The molecule has 4 atom stereocenters. The third-order valence-electron chi connectivity index (χ3n) is 5.39. The van der Waals surface area contributed by atoms with Crippen molar-refractivity contribution in [3.8, 4) is 5.75 Å². The smallest absolute Gasteiger partial charge is 0.326 e. The summed E-state index contributed by atoms with van der Waals surface area (Å²) in [7, 11) is 0. The molecule has 0 radical (unpaired) electrons. The van der Waals surface area contributed by atoms with Gasteiger partial charge >= 0.3 is 11.9 Å². The second-order valence-electron chi connectivity index (χ2n) is 8.56. The quantitative estimate of drug-likeness (QED) is 0.0516. The molecule has 16 heteroatoms. The summed E-state index contributed by atoms with van der Waals surface area (Å²) in [6.07, 6.45) is -0.520. The lowest BCUT2D eigenvalue weighted by Crippen LogP contribution is -2.58. The molecule has 0 fully saturated rings. The standard InChI is InChI=1S/C23H35N7O9/c24-14(7-8-18(33)34)19(35)28-15(2-1-9-27-23(25)26)20(36)30-17(11-31)21(37)29-16(22(38)39)10-12-3-5-13(32)6-4-12/h3-6,14-17,31-32H,1-2,7-11,24H2,(H,28,35)(H,29,37)(H,30,36)(H,33,34)(H,38,39)(H4,25,26,27). The van der Waals surface area contributed by atoms with Crippen molar-refractivity contribution in [1.29, 1.82) is 0 Å². The Labute approximate surface area is 223 Å². The summed E-state index contributed by atoms with van der Waals surface area (Å²) in [5.41, 5.74) is 16.7. The molecule has 0 saturated heterocycles. The Kier molecular flexibility index (Phi) is 13.7. The van der Waals surface area contributed by atoms with Gasteiger partial charge in [0.2, 0.25) is 17.7 Å². The number of nitrogens with zero attached hydrogens (tertiary/aromatic N) is 1. The topological polar surface area (TPSA) is 293 Å². The fraction of sp³-hybridized carbons (Fsp3) is 0.478. The summed E-state index contributed by atoms with van der Waals surface area (Å²) >= 11 is 0. The van der Waals surface area contributed by atoms with Crippen LogP contribution in [0.25, 0.3) is 0 Å². The van der Waals surface area contributed by atoms with Crippen LogP contribution in [0, 0.1) is 0 Å². The lowest BCUT2D eigenvalue weighted by atomic mass is 10.0. The summed E-state index contributed by atoms with van der Waals surface area (Å²) in [4.78, 5) is 64.3. The molecule has 39 heavy (non-hydrogen) atoms. The first-order valence-electron chi connectivity index (χ1n) is 11.9. The predicted octanol–water partition coefficient (Wildman–Crippen LogP) is -3.29. The van der Waals surface area contributed by atoms with Gasteiger partial charge in [0.1, 0.15) is 23.9 Å². The van der Waals surface area contributed by atoms with E-state index in [0.717, 1.165) is 0 Å². The number of hydrogen-bond acceptors (Lipinski definition) is 9. The van der Waals surface area contributed by atoms with Crippen molar-refractivity contribution in [2.75, 3.05) is 13.2 Å². The van der Waals surface area contributed by atoms with Crippen molar-refractivity contribution >= 4 is 35.6 Å². The minimum Gasteiger partial charge on any atom is -0.508 e. The average molecular weight is 554 g/mol. The number of nitrogens with one attached hydrogen (secondary N) is 3. The number of nitrogens with two attached hydrogens (primary N) is 3. The van der Waals surface area contributed by atoms with Gasteiger partial charge in [-0.25, -0.2) is 4.79 Å². The number of aromatic hydroxyl groups is 1. The maximum absolute atomic E-state index is 12.9. The molecule has 0 aromatic heterocycles. The fourth-order valence-corrected chi connectivity index (χ4v) is 3.27. The van der Waals surface area contributed by atoms with E-state index in [9.17, 15) is 39.3 Å². The second-order valence-corrected chi connectivity index (χ2v) is 8.56. The fourth-order valence-electron chi connectivity index (χ4n) is 3.27. The van der Waals surface area contributed by atoms with Crippen molar-refractivity contribution in [1.82, 2.24) is 16.0 Å². The number of aliphatic carboxylic acids is 2. The van der Waals surface area contributed by atoms with Gasteiger partial charge in [-0.05, 0) is 37.0 Å². The highest BCUT2D eigenvalue weighted by Gasteiger charge is 2.30. The number of carboxylic acid groups (broad SMARTS) is 2. The molecule has 0 aliphatic carbocycles. The summed E-state index contributed by atoms with van der Waals surface area (Å²) in [5, 5.41) is 44.3. The molecule has 1 aromatic rings. The molecule has 1 rings (SSSR count). The lowest BCUT2D eigenvalue weighted by molar-refractivity contribution is -0.142. The third-order valence-corrected chi connectivity index (χ3v) is 5.39. The van der Waals surface area contributed by atoms with E-state index in [4.69, 9.17) is 22.3 Å². The van der Waals surface area contributed by atoms with Gasteiger partial charge in [0, 0.05) is 19.4 Å². The van der Waals surface area contributed by atoms with Gasteiger partial charge in [-0.2, -0.15) is 0 Å². The molecule has 1 aromatic carbocycles. The Morgan fingerprint density at radius 3 is 1.95 bits per heavy atom. The molecule has 16 nitrogen and oxygen atoms in total. The SMILES string of the molecule is NC(N)=NCCCC(NC(=O)C(N)CCC(=O)O)C(=O)NC(CO)C(=O)NC(Cc1ccc(O)cc1)C(=O)O. The molecule has 0 bridgehead atoms. The van der Waals surface area contributed by atoms with Crippen molar-refractivity contribution in [3.05, 3.63) is 29.8 Å². The molecular weight excluding hydrogens is 518 g/mol. The number of aliphatic hydroxyl groups excluding tert-OH is 1. The van der Waals surface area contributed by atoms with Gasteiger partial charge in [-0.1, -0.05) is 12.1 Å². The van der Waals surface area contributed by atoms with E-state index in [1.54, 1.807) is 0 Å². The molecule has 0 saturated carbocycles. The number of guanidine groups is 1. The van der Waals surface area contributed by atoms with E-state index in [1.807, 2.05) is 0 Å². The minimum atomic E-state index is -1.57. The van der Waals surface area contributed by atoms with Crippen LogP contribution in [0.2, 0.25) is 0 Å². The number of phenols is 1. The van der Waals surface area contributed by atoms with Crippen LogP contribution in [0.15, 0.2) is 29.3 Å². The van der Waals surface area contributed by atoms with Crippen LogP contribution in [-0.4, -0.2) is 93.4 Å². The average Bonchev–Trinajstić information content (AvgIpc) is 2.87. The number of carbonyl (C=O) groups is 5. The van der Waals surface area contributed by atoms with Crippen molar-refractivity contribution < 1.29 is 44.4 Å². The van der Waals surface area contributed by atoms with Crippen molar-refractivity contribution in [3.63, 3.8) is 0 Å². The summed E-state index contributed by atoms with van der Waals surface area (Å²) in [6.45, 7) is -0.787. The number of aliphatic hydroxyl groups is 1. The van der Waals surface area contributed by atoms with Crippen LogP contribution >= 0.6 is 0 Å². The van der Waals surface area contributed by atoms with Crippen molar-refractivity contribution in [2.24, 2.45) is 22.2 Å². The zero-order valence-corrected chi connectivity index (χ0v) is 21.1. The number of amides is 3. The van der Waals surface area contributed by atoms with Crippen LogP contribution in [0.1, 0.15) is 31.2 Å².